The molecule has 1 aliphatic heterocycles. The second-order valence-corrected chi connectivity index (χ2v) is 7.93. The number of carbonyl (C=O) groups excluding carboxylic acids is 2. The molecule has 0 aromatic rings. The number of nitrogens with zero attached hydrogens (tertiary/aromatic N) is 1. The molecule has 1 saturated carbocycles. The third-order valence-electron chi connectivity index (χ3n) is 5.34. The predicted octanol–water partition coefficient (Wildman–Crippen LogP) is 1.90. The van der Waals surface area contributed by atoms with Crippen molar-refractivity contribution in [3.63, 3.8) is 0 Å². The Bertz CT molecular complexity index is 416. The molecule has 2 fully saturated rings. The first-order valence-electron chi connectivity index (χ1n) is 9.20. The summed E-state index contributed by atoms with van der Waals surface area (Å²) >= 11 is 0. The number of likely N-dealkylation sites (tertiary alicyclic amines) is 1. The predicted molar refractivity (Wildman–Crippen MR) is 91.7 cm³/mol. The van der Waals surface area contributed by atoms with Crippen molar-refractivity contribution in [1.82, 2.24) is 10.2 Å². The van der Waals surface area contributed by atoms with Crippen LogP contribution in [0.1, 0.15) is 59.3 Å². The molecule has 2 aliphatic rings. The quantitative estimate of drug-likeness (QED) is 0.784. The Morgan fingerprint density at radius 2 is 1.96 bits per heavy atom. The molecule has 1 saturated heterocycles. The molecule has 0 aromatic carbocycles. The number of carbonyl (C=O) groups is 2. The molecule has 0 aromatic heterocycles. The van der Waals surface area contributed by atoms with Gasteiger partial charge in [0.1, 0.15) is 0 Å². The standard InChI is InChI=1S/C18H33N3O2/c1-12(2)8-15(10-19)20-18(23)14-9-17(22)21(11-14)16-6-4-13(3)5-7-16/h12-16H,4-11,19H2,1-3H3,(H,20,23). The summed E-state index contributed by atoms with van der Waals surface area (Å²) in [5.74, 6) is 1.21. The van der Waals surface area contributed by atoms with E-state index >= 15 is 0 Å². The minimum Gasteiger partial charge on any atom is -0.352 e. The van der Waals surface area contributed by atoms with Gasteiger partial charge in [-0.1, -0.05) is 20.8 Å². The van der Waals surface area contributed by atoms with Gasteiger partial charge in [0.2, 0.25) is 11.8 Å². The van der Waals surface area contributed by atoms with E-state index in [1.165, 1.54) is 12.8 Å². The summed E-state index contributed by atoms with van der Waals surface area (Å²) in [6.07, 6.45) is 5.79. The Balaban J connectivity index is 1.87. The molecule has 3 N–H and O–H groups in total. The van der Waals surface area contributed by atoms with Crippen molar-refractivity contribution in [2.45, 2.75) is 71.4 Å². The van der Waals surface area contributed by atoms with E-state index in [1.807, 2.05) is 4.90 Å². The summed E-state index contributed by atoms with van der Waals surface area (Å²) in [6.45, 7) is 7.57. The van der Waals surface area contributed by atoms with Crippen LogP contribution < -0.4 is 11.1 Å². The zero-order valence-electron chi connectivity index (χ0n) is 14.9. The highest BCUT2D eigenvalue weighted by molar-refractivity contribution is 5.89. The SMILES string of the molecule is CC(C)CC(CN)NC(=O)C1CC(=O)N(C2CCC(C)CC2)C1. The summed E-state index contributed by atoms with van der Waals surface area (Å²) in [7, 11) is 0. The molecule has 2 atom stereocenters. The fourth-order valence-electron chi connectivity index (χ4n) is 3.92. The van der Waals surface area contributed by atoms with Gasteiger partial charge in [0.05, 0.1) is 5.92 Å². The van der Waals surface area contributed by atoms with E-state index in [-0.39, 0.29) is 23.8 Å². The Kier molecular flexibility index (Phi) is 6.45. The number of rotatable bonds is 6. The monoisotopic (exact) mass is 323 g/mol. The molecule has 23 heavy (non-hydrogen) atoms. The molecule has 2 amide bonds. The average molecular weight is 323 g/mol. The van der Waals surface area contributed by atoms with Crippen LogP contribution in [0.15, 0.2) is 0 Å². The van der Waals surface area contributed by atoms with Crippen molar-refractivity contribution >= 4 is 11.8 Å². The van der Waals surface area contributed by atoms with E-state index < -0.39 is 0 Å². The van der Waals surface area contributed by atoms with Crippen LogP contribution in [0.4, 0.5) is 0 Å². The number of hydrogen-bond acceptors (Lipinski definition) is 3. The molecular formula is C18H33N3O2. The minimum atomic E-state index is -0.205. The zero-order valence-corrected chi connectivity index (χ0v) is 14.9. The molecule has 2 unspecified atom stereocenters. The molecule has 0 spiro atoms. The van der Waals surface area contributed by atoms with Crippen LogP contribution in [0.3, 0.4) is 0 Å². The second kappa shape index (κ2) is 8.13. The van der Waals surface area contributed by atoms with Gasteiger partial charge in [0.15, 0.2) is 0 Å². The van der Waals surface area contributed by atoms with Gasteiger partial charge in [-0.25, -0.2) is 0 Å². The topological polar surface area (TPSA) is 75.4 Å². The van der Waals surface area contributed by atoms with Crippen LogP contribution in [-0.4, -0.2) is 41.9 Å². The fraction of sp³-hybridized carbons (Fsp3) is 0.889. The van der Waals surface area contributed by atoms with E-state index in [0.29, 0.717) is 31.5 Å². The molecule has 2 rings (SSSR count). The number of hydrogen-bond donors (Lipinski definition) is 2. The molecule has 0 radical (unpaired) electrons. The highest BCUT2D eigenvalue weighted by Gasteiger charge is 2.39. The molecular weight excluding hydrogens is 290 g/mol. The Morgan fingerprint density at radius 1 is 1.30 bits per heavy atom. The summed E-state index contributed by atoms with van der Waals surface area (Å²) in [5, 5.41) is 3.05. The van der Waals surface area contributed by atoms with Gasteiger partial charge in [0, 0.05) is 31.6 Å². The van der Waals surface area contributed by atoms with Gasteiger partial charge >= 0.3 is 0 Å². The highest BCUT2D eigenvalue weighted by atomic mass is 16.2. The van der Waals surface area contributed by atoms with E-state index in [2.05, 4.69) is 26.1 Å². The Labute approximate surface area is 140 Å². The van der Waals surface area contributed by atoms with Crippen LogP contribution in [0.25, 0.3) is 0 Å². The Morgan fingerprint density at radius 3 is 2.52 bits per heavy atom. The lowest BCUT2D eigenvalue weighted by atomic mass is 9.86. The van der Waals surface area contributed by atoms with Crippen LogP contribution in [-0.2, 0) is 9.59 Å². The van der Waals surface area contributed by atoms with Crippen molar-refractivity contribution < 1.29 is 9.59 Å². The number of nitrogens with one attached hydrogen (secondary N) is 1. The van der Waals surface area contributed by atoms with Gasteiger partial charge in [-0.3, -0.25) is 9.59 Å². The molecule has 0 bridgehead atoms. The minimum absolute atomic E-state index is 0.00104. The lowest BCUT2D eigenvalue weighted by Crippen LogP contribution is -2.45. The third kappa shape index (κ3) is 4.93. The average Bonchev–Trinajstić information content (AvgIpc) is 2.89. The summed E-state index contributed by atoms with van der Waals surface area (Å²) in [5.41, 5.74) is 5.76. The second-order valence-electron chi connectivity index (χ2n) is 7.93. The van der Waals surface area contributed by atoms with E-state index in [0.717, 1.165) is 25.2 Å². The van der Waals surface area contributed by atoms with Crippen LogP contribution >= 0.6 is 0 Å². The van der Waals surface area contributed by atoms with Gasteiger partial charge in [0.25, 0.3) is 0 Å². The van der Waals surface area contributed by atoms with E-state index in [9.17, 15) is 9.59 Å². The largest absolute Gasteiger partial charge is 0.352 e. The van der Waals surface area contributed by atoms with Gasteiger partial charge in [-0.2, -0.15) is 0 Å². The molecule has 5 nitrogen and oxygen atoms in total. The van der Waals surface area contributed by atoms with Crippen molar-refractivity contribution in [1.29, 1.82) is 0 Å². The lowest BCUT2D eigenvalue weighted by molar-refractivity contribution is -0.131. The first-order valence-corrected chi connectivity index (χ1v) is 9.20. The summed E-state index contributed by atoms with van der Waals surface area (Å²) < 4.78 is 0. The molecule has 1 heterocycles. The van der Waals surface area contributed by atoms with Crippen molar-refractivity contribution in [2.24, 2.45) is 23.5 Å². The van der Waals surface area contributed by atoms with Crippen molar-refractivity contribution in [3.8, 4) is 0 Å². The molecule has 5 heteroatoms. The molecule has 1 aliphatic carbocycles. The highest BCUT2D eigenvalue weighted by Crippen LogP contribution is 2.31. The summed E-state index contributed by atoms with van der Waals surface area (Å²) in [4.78, 5) is 26.8. The smallest absolute Gasteiger partial charge is 0.225 e. The van der Waals surface area contributed by atoms with Gasteiger partial charge < -0.3 is 16.0 Å². The van der Waals surface area contributed by atoms with Crippen LogP contribution in [0.2, 0.25) is 0 Å². The first-order chi connectivity index (χ1) is 10.9. The zero-order chi connectivity index (χ0) is 17.0. The van der Waals surface area contributed by atoms with Gasteiger partial charge in [-0.05, 0) is 43.9 Å². The first kappa shape index (κ1) is 18.2. The number of amides is 2. The van der Waals surface area contributed by atoms with Crippen LogP contribution in [0.5, 0.6) is 0 Å². The van der Waals surface area contributed by atoms with Gasteiger partial charge in [-0.15, -0.1) is 0 Å². The lowest BCUT2D eigenvalue weighted by Gasteiger charge is -2.33. The Hall–Kier alpha value is -1.10. The van der Waals surface area contributed by atoms with E-state index in [4.69, 9.17) is 5.73 Å². The van der Waals surface area contributed by atoms with Crippen molar-refractivity contribution in [3.05, 3.63) is 0 Å². The molecule has 132 valence electrons. The van der Waals surface area contributed by atoms with Crippen LogP contribution in [0, 0.1) is 17.8 Å². The fourth-order valence-corrected chi connectivity index (χ4v) is 3.92. The maximum Gasteiger partial charge on any atom is 0.225 e. The normalized spacial score (nSPS) is 29.9. The van der Waals surface area contributed by atoms with Crippen molar-refractivity contribution in [2.75, 3.05) is 13.1 Å². The maximum absolute atomic E-state index is 12.5. The third-order valence-corrected chi connectivity index (χ3v) is 5.34. The summed E-state index contributed by atoms with van der Waals surface area (Å²) in [6, 6.07) is 0.361. The maximum atomic E-state index is 12.5. The number of nitrogens with two attached hydrogens (primary N) is 1. The van der Waals surface area contributed by atoms with E-state index in [1.54, 1.807) is 0 Å².